The molecule has 0 amide bonds. The van der Waals surface area contributed by atoms with E-state index in [1.807, 2.05) is 0 Å². The molecule has 152 valence electrons. The highest BCUT2D eigenvalue weighted by Crippen LogP contribution is 2.11. The normalized spacial score (nSPS) is 24.9. The topological polar surface area (TPSA) is 52.1 Å². The van der Waals surface area contributed by atoms with Gasteiger partial charge >= 0.3 is 0 Å². The van der Waals surface area contributed by atoms with Gasteiger partial charge in [-0.05, 0) is 59.7 Å². The summed E-state index contributed by atoms with van der Waals surface area (Å²) in [5, 5.41) is 6.90. The fourth-order valence-corrected chi connectivity index (χ4v) is 3.93. The van der Waals surface area contributed by atoms with Gasteiger partial charge in [-0.2, -0.15) is 0 Å². The first-order chi connectivity index (χ1) is 12.7. The fraction of sp³-hybridized carbons (Fsp3) is 0.950. The molecule has 0 spiro atoms. The van der Waals surface area contributed by atoms with E-state index >= 15 is 0 Å². The number of guanidine groups is 1. The van der Waals surface area contributed by atoms with Crippen LogP contribution in [0.5, 0.6) is 0 Å². The Morgan fingerprint density at radius 1 is 1.15 bits per heavy atom. The summed E-state index contributed by atoms with van der Waals surface area (Å²) >= 11 is 0. The molecule has 2 rings (SSSR count). The van der Waals surface area contributed by atoms with E-state index in [1.54, 1.807) is 0 Å². The van der Waals surface area contributed by atoms with Crippen LogP contribution in [0, 0.1) is 0 Å². The number of nitrogens with zero attached hydrogens (tertiary/aromatic N) is 3. The van der Waals surface area contributed by atoms with Crippen molar-refractivity contribution in [1.29, 1.82) is 0 Å². The van der Waals surface area contributed by atoms with Gasteiger partial charge < -0.3 is 20.3 Å². The van der Waals surface area contributed by atoms with Crippen LogP contribution in [0.4, 0.5) is 0 Å². The second-order valence-electron chi connectivity index (χ2n) is 7.77. The minimum absolute atomic E-state index is 0.446. The van der Waals surface area contributed by atoms with Gasteiger partial charge in [0.25, 0.3) is 0 Å². The van der Waals surface area contributed by atoms with Gasteiger partial charge in [0.1, 0.15) is 0 Å². The molecule has 2 N–H and O–H groups in total. The molecule has 2 saturated heterocycles. The van der Waals surface area contributed by atoms with Crippen molar-refractivity contribution in [1.82, 2.24) is 20.4 Å². The molecule has 26 heavy (non-hydrogen) atoms. The first-order valence-electron chi connectivity index (χ1n) is 10.8. The number of hydrogen-bond donors (Lipinski definition) is 2. The van der Waals surface area contributed by atoms with E-state index in [0.717, 1.165) is 45.4 Å². The van der Waals surface area contributed by atoms with Crippen molar-refractivity contribution in [3.63, 3.8) is 0 Å². The number of likely N-dealkylation sites (tertiary alicyclic amines) is 1. The lowest BCUT2D eigenvalue weighted by molar-refractivity contribution is -0.0165. The van der Waals surface area contributed by atoms with Crippen molar-refractivity contribution in [2.24, 2.45) is 4.99 Å². The van der Waals surface area contributed by atoms with Gasteiger partial charge in [-0.3, -0.25) is 9.89 Å². The van der Waals surface area contributed by atoms with E-state index in [1.165, 1.54) is 51.7 Å². The van der Waals surface area contributed by atoms with Crippen LogP contribution in [0.3, 0.4) is 0 Å². The summed E-state index contributed by atoms with van der Waals surface area (Å²) in [6.07, 6.45) is 6.74. The van der Waals surface area contributed by atoms with E-state index in [2.05, 4.69) is 41.2 Å². The number of nitrogens with one attached hydrogen (secondary N) is 2. The number of morpholine rings is 1. The van der Waals surface area contributed by atoms with Crippen molar-refractivity contribution in [2.75, 3.05) is 59.0 Å². The van der Waals surface area contributed by atoms with Crippen LogP contribution in [-0.4, -0.2) is 86.9 Å². The molecule has 0 aromatic carbocycles. The third-order valence-electron chi connectivity index (χ3n) is 5.49. The molecular formula is C20H41N5O. The van der Waals surface area contributed by atoms with Crippen LogP contribution in [0.15, 0.2) is 4.99 Å². The van der Waals surface area contributed by atoms with Gasteiger partial charge in [0.15, 0.2) is 5.96 Å². The van der Waals surface area contributed by atoms with Gasteiger partial charge in [-0.25, -0.2) is 0 Å². The molecule has 2 heterocycles. The van der Waals surface area contributed by atoms with E-state index in [4.69, 9.17) is 9.73 Å². The van der Waals surface area contributed by atoms with Crippen LogP contribution in [-0.2, 0) is 4.74 Å². The van der Waals surface area contributed by atoms with Gasteiger partial charge in [0.05, 0.1) is 19.8 Å². The third-order valence-corrected chi connectivity index (χ3v) is 5.49. The minimum Gasteiger partial charge on any atom is -0.379 e. The molecular weight excluding hydrogens is 326 g/mol. The molecule has 6 heteroatoms. The molecule has 2 unspecified atom stereocenters. The van der Waals surface area contributed by atoms with E-state index < -0.39 is 0 Å². The largest absolute Gasteiger partial charge is 0.379 e. The summed E-state index contributed by atoms with van der Waals surface area (Å²) in [5.41, 5.74) is 0. The Balaban J connectivity index is 1.69. The van der Waals surface area contributed by atoms with Crippen molar-refractivity contribution in [3.05, 3.63) is 0 Å². The molecule has 2 aliphatic rings. The molecule has 2 fully saturated rings. The summed E-state index contributed by atoms with van der Waals surface area (Å²) in [5.74, 6) is 0.955. The van der Waals surface area contributed by atoms with E-state index in [-0.39, 0.29) is 0 Å². The average molecular weight is 368 g/mol. The summed E-state index contributed by atoms with van der Waals surface area (Å²) < 4.78 is 5.54. The summed E-state index contributed by atoms with van der Waals surface area (Å²) in [6.45, 7) is 15.8. The van der Waals surface area contributed by atoms with Crippen molar-refractivity contribution >= 4 is 5.96 Å². The Hall–Kier alpha value is -0.850. The Morgan fingerprint density at radius 3 is 2.62 bits per heavy atom. The molecule has 0 aromatic heterocycles. The number of ether oxygens (including phenoxy) is 1. The van der Waals surface area contributed by atoms with E-state index in [9.17, 15) is 0 Å². The Morgan fingerprint density at radius 2 is 1.92 bits per heavy atom. The summed E-state index contributed by atoms with van der Waals surface area (Å²) in [6, 6.07) is 0.930. The van der Waals surface area contributed by atoms with Crippen molar-refractivity contribution < 1.29 is 4.74 Å². The van der Waals surface area contributed by atoms with Gasteiger partial charge in [0, 0.05) is 31.7 Å². The molecule has 0 radical (unpaired) electrons. The van der Waals surface area contributed by atoms with Crippen molar-refractivity contribution in [2.45, 2.75) is 65.0 Å². The lowest BCUT2D eigenvalue weighted by Crippen LogP contribution is -2.49. The number of rotatable bonds is 8. The predicted molar refractivity (Wildman–Crippen MR) is 110 cm³/mol. The molecule has 2 atom stereocenters. The second-order valence-corrected chi connectivity index (χ2v) is 7.77. The van der Waals surface area contributed by atoms with Crippen molar-refractivity contribution in [3.8, 4) is 0 Å². The number of hydrogen-bond acceptors (Lipinski definition) is 4. The molecule has 0 aromatic rings. The standard InChI is InChI=1S/C20H41N5O/c1-4-21-20(22-10-9-13-24-11-7-5-6-8-12-24)23-16-18(2)25-14-15-26-17-19(25)3/h18-19H,4-17H2,1-3H3,(H2,21,22,23). The second kappa shape index (κ2) is 12.5. The zero-order chi connectivity index (χ0) is 18.6. The molecule has 0 aliphatic carbocycles. The van der Waals surface area contributed by atoms with Crippen LogP contribution < -0.4 is 10.6 Å². The maximum absolute atomic E-state index is 5.54. The van der Waals surface area contributed by atoms with E-state index in [0.29, 0.717) is 12.1 Å². The first kappa shape index (κ1) is 21.5. The van der Waals surface area contributed by atoms with Crippen LogP contribution in [0.25, 0.3) is 0 Å². The highest BCUT2D eigenvalue weighted by molar-refractivity contribution is 5.79. The number of aliphatic imine (C=N–C) groups is 1. The highest BCUT2D eigenvalue weighted by Gasteiger charge is 2.23. The van der Waals surface area contributed by atoms with Gasteiger partial charge in [-0.15, -0.1) is 0 Å². The zero-order valence-electron chi connectivity index (χ0n) is 17.3. The lowest BCUT2D eigenvalue weighted by atomic mass is 10.2. The highest BCUT2D eigenvalue weighted by atomic mass is 16.5. The Kier molecular flexibility index (Phi) is 10.3. The molecule has 0 saturated carbocycles. The lowest BCUT2D eigenvalue weighted by Gasteiger charge is -2.37. The molecule has 2 aliphatic heterocycles. The smallest absolute Gasteiger partial charge is 0.191 e. The maximum Gasteiger partial charge on any atom is 0.191 e. The van der Waals surface area contributed by atoms with Gasteiger partial charge in [-0.1, -0.05) is 12.8 Å². The quantitative estimate of drug-likeness (QED) is 0.390. The fourth-order valence-electron chi connectivity index (χ4n) is 3.93. The Bertz CT molecular complexity index is 396. The van der Waals surface area contributed by atoms with Gasteiger partial charge in [0.2, 0.25) is 0 Å². The minimum atomic E-state index is 0.446. The SMILES string of the molecule is CCNC(=NCC(C)N1CCOCC1C)NCCCN1CCCCCC1. The predicted octanol–water partition coefficient (Wildman–Crippen LogP) is 1.92. The van der Waals surface area contributed by atoms with Crippen LogP contribution in [0.2, 0.25) is 0 Å². The third kappa shape index (κ3) is 7.80. The molecule has 0 bridgehead atoms. The Labute approximate surface area is 160 Å². The first-order valence-corrected chi connectivity index (χ1v) is 10.8. The zero-order valence-corrected chi connectivity index (χ0v) is 17.3. The molecule has 6 nitrogen and oxygen atoms in total. The maximum atomic E-state index is 5.54. The van der Waals surface area contributed by atoms with Crippen LogP contribution in [0.1, 0.15) is 52.9 Å². The summed E-state index contributed by atoms with van der Waals surface area (Å²) in [7, 11) is 0. The monoisotopic (exact) mass is 367 g/mol. The van der Waals surface area contributed by atoms with Crippen LogP contribution >= 0.6 is 0 Å². The summed E-state index contributed by atoms with van der Waals surface area (Å²) in [4.78, 5) is 9.96. The average Bonchev–Trinajstić information content (AvgIpc) is 2.92.